The number of unbranched alkanes of at least 4 members (excludes halogenated alkanes) is 1. The van der Waals surface area contributed by atoms with Gasteiger partial charge in [-0.25, -0.2) is 8.42 Å². The van der Waals surface area contributed by atoms with Gasteiger partial charge >= 0.3 is 0 Å². The Balaban J connectivity index is 4.38. The van der Waals surface area contributed by atoms with Gasteiger partial charge in [-0.15, -0.1) is 0 Å². The summed E-state index contributed by atoms with van der Waals surface area (Å²) in [6, 6.07) is 0. The fraction of sp³-hybridized carbons (Fsp3) is 1.00. The SMILES string of the molecule is CCCCC(C)(CCO)CS(C)(=O)=O. The number of rotatable bonds is 7. The van der Waals surface area contributed by atoms with Gasteiger partial charge in [-0.2, -0.15) is 0 Å². The van der Waals surface area contributed by atoms with Crippen LogP contribution < -0.4 is 0 Å². The standard InChI is InChI=1S/C10H22O3S/c1-4-5-6-10(2,7-8-11)9-14(3,12)13/h11H,4-9H2,1-3H3. The molecule has 4 heteroatoms. The lowest BCUT2D eigenvalue weighted by atomic mass is 9.84. The Bertz CT molecular complexity index is 246. The molecule has 0 saturated carbocycles. The summed E-state index contributed by atoms with van der Waals surface area (Å²) in [6.45, 7) is 4.09. The van der Waals surface area contributed by atoms with Gasteiger partial charge in [0.05, 0.1) is 5.75 Å². The van der Waals surface area contributed by atoms with Crippen molar-refractivity contribution in [1.82, 2.24) is 0 Å². The lowest BCUT2D eigenvalue weighted by Crippen LogP contribution is -2.27. The molecule has 0 saturated heterocycles. The van der Waals surface area contributed by atoms with E-state index < -0.39 is 9.84 Å². The molecule has 0 radical (unpaired) electrons. The lowest BCUT2D eigenvalue weighted by molar-refractivity contribution is 0.201. The summed E-state index contributed by atoms with van der Waals surface area (Å²) >= 11 is 0. The van der Waals surface area contributed by atoms with Crippen LogP contribution in [0.5, 0.6) is 0 Å². The minimum Gasteiger partial charge on any atom is -0.396 e. The van der Waals surface area contributed by atoms with Crippen molar-refractivity contribution >= 4 is 9.84 Å². The van der Waals surface area contributed by atoms with Gasteiger partial charge in [-0.3, -0.25) is 0 Å². The molecule has 0 aromatic rings. The van der Waals surface area contributed by atoms with Crippen molar-refractivity contribution in [1.29, 1.82) is 0 Å². The first kappa shape index (κ1) is 13.9. The Labute approximate surface area is 87.4 Å². The van der Waals surface area contributed by atoms with Gasteiger partial charge in [0.2, 0.25) is 0 Å². The Morgan fingerprint density at radius 3 is 2.21 bits per heavy atom. The van der Waals surface area contributed by atoms with Crippen molar-refractivity contribution in [3.8, 4) is 0 Å². The lowest BCUT2D eigenvalue weighted by Gasteiger charge is -2.27. The van der Waals surface area contributed by atoms with Gasteiger partial charge in [0, 0.05) is 12.9 Å². The van der Waals surface area contributed by atoms with Gasteiger partial charge < -0.3 is 5.11 Å². The third kappa shape index (κ3) is 6.38. The van der Waals surface area contributed by atoms with Crippen LogP contribution in [0.4, 0.5) is 0 Å². The van der Waals surface area contributed by atoms with Crippen LogP contribution in [0.25, 0.3) is 0 Å². The van der Waals surface area contributed by atoms with Crippen LogP contribution >= 0.6 is 0 Å². The van der Waals surface area contributed by atoms with E-state index in [1.807, 2.05) is 6.92 Å². The average Bonchev–Trinajstić information content (AvgIpc) is 1.98. The van der Waals surface area contributed by atoms with Gasteiger partial charge in [0.25, 0.3) is 0 Å². The van der Waals surface area contributed by atoms with E-state index in [1.165, 1.54) is 6.26 Å². The smallest absolute Gasteiger partial charge is 0.147 e. The fourth-order valence-electron chi connectivity index (χ4n) is 1.78. The second kappa shape index (κ2) is 5.71. The molecule has 0 bridgehead atoms. The van der Waals surface area contributed by atoms with E-state index in [4.69, 9.17) is 5.11 Å². The predicted molar refractivity (Wildman–Crippen MR) is 59.0 cm³/mol. The Morgan fingerprint density at radius 2 is 1.86 bits per heavy atom. The molecule has 0 fully saturated rings. The Morgan fingerprint density at radius 1 is 1.29 bits per heavy atom. The number of hydrogen-bond donors (Lipinski definition) is 1. The zero-order valence-corrected chi connectivity index (χ0v) is 10.2. The van der Waals surface area contributed by atoms with E-state index in [9.17, 15) is 8.42 Å². The molecule has 0 aromatic carbocycles. The first-order valence-electron chi connectivity index (χ1n) is 5.11. The molecule has 0 aromatic heterocycles. The van der Waals surface area contributed by atoms with Crippen LogP contribution in [0, 0.1) is 5.41 Å². The van der Waals surface area contributed by atoms with Crippen molar-refractivity contribution in [3.63, 3.8) is 0 Å². The third-order valence-corrected chi connectivity index (χ3v) is 3.68. The van der Waals surface area contributed by atoms with Crippen molar-refractivity contribution < 1.29 is 13.5 Å². The summed E-state index contributed by atoms with van der Waals surface area (Å²) in [4.78, 5) is 0. The normalized spacial score (nSPS) is 16.6. The molecule has 1 atom stereocenters. The highest BCUT2D eigenvalue weighted by atomic mass is 32.2. The molecule has 0 aliphatic heterocycles. The Hall–Kier alpha value is -0.0900. The molecule has 14 heavy (non-hydrogen) atoms. The molecule has 1 N–H and O–H groups in total. The molecule has 0 heterocycles. The molecule has 0 aliphatic rings. The number of hydrogen-bond acceptors (Lipinski definition) is 3. The van der Waals surface area contributed by atoms with Crippen LogP contribution in [0.15, 0.2) is 0 Å². The third-order valence-electron chi connectivity index (χ3n) is 2.46. The predicted octanol–water partition coefficient (Wildman–Crippen LogP) is 1.61. The van der Waals surface area contributed by atoms with E-state index in [0.29, 0.717) is 6.42 Å². The minimum absolute atomic E-state index is 0.0652. The Kier molecular flexibility index (Phi) is 5.67. The van der Waals surface area contributed by atoms with Crippen LogP contribution in [0.3, 0.4) is 0 Å². The maximum absolute atomic E-state index is 11.2. The van der Waals surface area contributed by atoms with E-state index >= 15 is 0 Å². The van der Waals surface area contributed by atoms with Gasteiger partial charge in [-0.1, -0.05) is 26.7 Å². The largest absolute Gasteiger partial charge is 0.396 e. The summed E-state index contributed by atoms with van der Waals surface area (Å²) in [6.07, 6.45) is 4.78. The van der Waals surface area contributed by atoms with Crippen molar-refractivity contribution in [2.24, 2.45) is 5.41 Å². The van der Waals surface area contributed by atoms with Gasteiger partial charge in [-0.05, 0) is 18.3 Å². The fourth-order valence-corrected chi connectivity index (χ4v) is 3.33. The molecule has 86 valence electrons. The molecular weight excluding hydrogens is 200 g/mol. The monoisotopic (exact) mass is 222 g/mol. The molecule has 3 nitrogen and oxygen atoms in total. The van der Waals surface area contributed by atoms with Crippen LogP contribution in [0.1, 0.15) is 39.5 Å². The number of aliphatic hydroxyl groups excluding tert-OH is 1. The highest BCUT2D eigenvalue weighted by Gasteiger charge is 2.27. The summed E-state index contributed by atoms with van der Waals surface area (Å²) < 4.78 is 22.4. The van der Waals surface area contributed by atoms with E-state index in [0.717, 1.165) is 19.3 Å². The molecule has 0 rings (SSSR count). The molecule has 1 unspecified atom stereocenters. The average molecular weight is 222 g/mol. The van der Waals surface area contributed by atoms with E-state index in [2.05, 4.69) is 6.92 Å². The zero-order valence-electron chi connectivity index (χ0n) is 9.41. The molecule has 0 amide bonds. The summed E-state index contributed by atoms with van der Waals surface area (Å²) in [5, 5.41) is 8.90. The molecular formula is C10H22O3S. The van der Waals surface area contributed by atoms with Crippen LogP contribution in [-0.2, 0) is 9.84 Å². The van der Waals surface area contributed by atoms with Crippen molar-refractivity contribution in [3.05, 3.63) is 0 Å². The summed E-state index contributed by atoms with van der Waals surface area (Å²) in [5.74, 6) is 0.181. The van der Waals surface area contributed by atoms with Crippen molar-refractivity contribution in [2.75, 3.05) is 18.6 Å². The maximum atomic E-state index is 11.2. The first-order valence-corrected chi connectivity index (χ1v) is 7.17. The topological polar surface area (TPSA) is 54.4 Å². The van der Waals surface area contributed by atoms with Crippen LogP contribution in [0.2, 0.25) is 0 Å². The quantitative estimate of drug-likeness (QED) is 0.712. The maximum Gasteiger partial charge on any atom is 0.147 e. The molecule has 0 aliphatic carbocycles. The highest BCUT2D eigenvalue weighted by Crippen LogP contribution is 2.29. The zero-order chi connectivity index (χ0) is 11.2. The molecule has 0 spiro atoms. The van der Waals surface area contributed by atoms with E-state index in [1.54, 1.807) is 0 Å². The highest BCUT2D eigenvalue weighted by molar-refractivity contribution is 7.90. The summed E-state index contributed by atoms with van der Waals surface area (Å²) in [5.41, 5.74) is -0.252. The summed E-state index contributed by atoms with van der Waals surface area (Å²) in [7, 11) is -2.95. The first-order chi connectivity index (χ1) is 6.33. The van der Waals surface area contributed by atoms with Crippen molar-refractivity contribution in [2.45, 2.75) is 39.5 Å². The van der Waals surface area contributed by atoms with Gasteiger partial charge in [0.15, 0.2) is 0 Å². The number of sulfone groups is 1. The van der Waals surface area contributed by atoms with Gasteiger partial charge in [0.1, 0.15) is 9.84 Å². The second-order valence-corrected chi connectivity index (χ2v) is 6.60. The van der Waals surface area contributed by atoms with Crippen LogP contribution in [-0.4, -0.2) is 32.1 Å². The second-order valence-electron chi connectivity index (χ2n) is 4.46. The number of aliphatic hydroxyl groups is 1. The van der Waals surface area contributed by atoms with E-state index in [-0.39, 0.29) is 17.8 Å². The minimum atomic E-state index is -2.95.